The zero-order valence-electron chi connectivity index (χ0n) is 9.16. The summed E-state index contributed by atoms with van der Waals surface area (Å²) >= 11 is 1.14. The van der Waals surface area contributed by atoms with Crippen molar-refractivity contribution in [1.29, 1.82) is 0 Å². The van der Waals surface area contributed by atoms with Crippen molar-refractivity contribution in [2.75, 3.05) is 5.75 Å². The van der Waals surface area contributed by atoms with Gasteiger partial charge in [-0.3, -0.25) is 15.0 Å². The van der Waals surface area contributed by atoms with Gasteiger partial charge >= 0.3 is 0 Å². The van der Waals surface area contributed by atoms with Crippen LogP contribution in [0.15, 0.2) is 9.95 Å². The molecule has 4 N–H and O–H groups in total. The molecule has 0 radical (unpaired) electrons. The van der Waals surface area contributed by atoms with E-state index in [-0.39, 0.29) is 17.2 Å². The minimum Gasteiger partial charge on any atom is -0.301 e. The molecular formula is C9H14N4O2S. The van der Waals surface area contributed by atoms with Crippen LogP contribution in [0.3, 0.4) is 0 Å². The highest BCUT2D eigenvalue weighted by atomic mass is 32.2. The molecule has 7 heteroatoms. The van der Waals surface area contributed by atoms with E-state index in [4.69, 9.17) is 5.84 Å². The number of nitrogens with two attached hydrogens (primary N) is 1. The second-order valence-electron chi connectivity index (χ2n) is 3.14. The van der Waals surface area contributed by atoms with Gasteiger partial charge in [-0.2, -0.15) is 0 Å². The maximum Gasteiger partial charge on any atom is 0.254 e. The molecule has 1 rings (SSSR count). The minimum absolute atomic E-state index is 0.129. The number of H-pyrrole nitrogens is 1. The van der Waals surface area contributed by atoms with E-state index in [0.717, 1.165) is 11.8 Å². The Morgan fingerprint density at radius 2 is 2.31 bits per heavy atom. The predicted octanol–water partition coefficient (Wildman–Crippen LogP) is -0.277. The number of hydrogen-bond donors (Lipinski definition) is 3. The summed E-state index contributed by atoms with van der Waals surface area (Å²) in [4.78, 5) is 29.3. The average molecular weight is 242 g/mol. The number of carbonyl (C=O) groups is 1. The van der Waals surface area contributed by atoms with E-state index in [1.807, 2.05) is 12.3 Å². The van der Waals surface area contributed by atoms with Crippen LogP contribution in [-0.2, 0) is 11.2 Å². The van der Waals surface area contributed by atoms with Gasteiger partial charge in [-0.05, 0) is 13.3 Å². The SMILES string of the molecule is CCc1c(C)nc(SCC(=O)NN)[nH]c1=O. The first-order chi connectivity index (χ1) is 7.58. The second kappa shape index (κ2) is 5.66. The molecule has 0 aliphatic carbocycles. The van der Waals surface area contributed by atoms with Crippen molar-refractivity contribution in [3.05, 3.63) is 21.6 Å². The number of aromatic amines is 1. The lowest BCUT2D eigenvalue weighted by atomic mass is 10.2. The van der Waals surface area contributed by atoms with Crippen LogP contribution in [0.5, 0.6) is 0 Å². The number of carbonyl (C=O) groups excluding carboxylic acids is 1. The van der Waals surface area contributed by atoms with Crippen molar-refractivity contribution < 1.29 is 4.79 Å². The van der Waals surface area contributed by atoms with Crippen LogP contribution >= 0.6 is 11.8 Å². The number of nitrogens with zero attached hydrogens (tertiary/aromatic N) is 1. The van der Waals surface area contributed by atoms with E-state index in [0.29, 0.717) is 22.8 Å². The lowest BCUT2D eigenvalue weighted by molar-refractivity contribution is -0.118. The monoisotopic (exact) mass is 242 g/mol. The van der Waals surface area contributed by atoms with Crippen LogP contribution in [0.1, 0.15) is 18.2 Å². The third-order valence-electron chi connectivity index (χ3n) is 2.06. The molecule has 0 aromatic carbocycles. The van der Waals surface area contributed by atoms with Crippen molar-refractivity contribution >= 4 is 17.7 Å². The molecule has 0 bridgehead atoms. The number of rotatable bonds is 4. The summed E-state index contributed by atoms with van der Waals surface area (Å²) in [5.41, 5.74) is 3.23. The smallest absolute Gasteiger partial charge is 0.254 e. The van der Waals surface area contributed by atoms with Crippen LogP contribution in [0.2, 0.25) is 0 Å². The van der Waals surface area contributed by atoms with Gasteiger partial charge in [-0.1, -0.05) is 18.7 Å². The van der Waals surface area contributed by atoms with E-state index in [2.05, 4.69) is 9.97 Å². The first kappa shape index (κ1) is 12.7. The standard InChI is InChI=1S/C9H14N4O2S/c1-3-6-5(2)11-9(12-8(6)15)16-4-7(14)13-10/h3-4,10H2,1-2H3,(H,13,14)(H,11,12,15). The first-order valence-electron chi connectivity index (χ1n) is 4.80. The van der Waals surface area contributed by atoms with E-state index in [1.54, 1.807) is 6.92 Å². The van der Waals surface area contributed by atoms with Crippen molar-refractivity contribution in [3.8, 4) is 0 Å². The Kier molecular flexibility index (Phi) is 4.51. The van der Waals surface area contributed by atoms with Crippen LogP contribution in [0.25, 0.3) is 0 Å². The Hall–Kier alpha value is -1.34. The van der Waals surface area contributed by atoms with Crippen molar-refractivity contribution in [2.45, 2.75) is 25.4 Å². The normalized spacial score (nSPS) is 10.2. The van der Waals surface area contributed by atoms with Gasteiger partial charge in [-0.15, -0.1) is 0 Å². The molecule has 0 saturated carbocycles. The summed E-state index contributed by atoms with van der Waals surface area (Å²) in [5.74, 6) is 4.75. The Morgan fingerprint density at radius 1 is 1.62 bits per heavy atom. The molecule has 6 nitrogen and oxygen atoms in total. The highest BCUT2D eigenvalue weighted by Crippen LogP contribution is 2.11. The molecule has 0 unspecified atom stereocenters. The van der Waals surface area contributed by atoms with Gasteiger partial charge in [0.2, 0.25) is 5.91 Å². The minimum atomic E-state index is -0.315. The topological polar surface area (TPSA) is 101 Å². The Balaban J connectivity index is 2.84. The summed E-state index contributed by atoms with van der Waals surface area (Å²) in [5, 5.41) is 0.434. The average Bonchev–Trinajstić information content (AvgIpc) is 2.25. The third-order valence-corrected chi connectivity index (χ3v) is 2.93. The molecule has 1 aromatic heterocycles. The molecule has 0 aliphatic heterocycles. The molecule has 0 saturated heterocycles. The predicted molar refractivity (Wildman–Crippen MR) is 62.0 cm³/mol. The Morgan fingerprint density at radius 3 is 2.81 bits per heavy atom. The number of hydrogen-bond acceptors (Lipinski definition) is 5. The quantitative estimate of drug-likeness (QED) is 0.222. The molecule has 1 heterocycles. The van der Waals surface area contributed by atoms with E-state index < -0.39 is 0 Å². The fraction of sp³-hybridized carbons (Fsp3) is 0.444. The zero-order valence-corrected chi connectivity index (χ0v) is 9.98. The number of hydrazine groups is 1. The molecular weight excluding hydrogens is 228 g/mol. The van der Waals surface area contributed by atoms with Gasteiger partial charge in [0.1, 0.15) is 0 Å². The molecule has 16 heavy (non-hydrogen) atoms. The number of aryl methyl sites for hydroxylation is 1. The van der Waals surface area contributed by atoms with E-state index >= 15 is 0 Å². The van der Waals surface area contributed by atoms with Crippen molar-refractivity contribution in [2.24, 2.45) is 5.84 Å². The highest BCUT2D eigenvalue weighted by Gasteiger charge is 2.07. The maximum absolute atomic E-state index is 11.6. The van der Waals surface area contributed by atoms with E-state index in [1.165, 1.54) is 0 Å². The number of amides is 1. The lowest BCUT2D eigenvalue weighted by Crippen LogP contribution is -2.31. The van der Waals surface area contributed by atoms with Gasteiger partial charge in [-0.25, -0.2) is 10.8 Å². The summed E-state index contributed by atoms with van der Waals surface area (Å²) in [6.07, 6.45) is 0.641. The molecule has 0 spiro atoms. The van der Waals surface area contributed by atoms with Crippen LogP contribution < -0.4 is 16.8 Å². The molecule has 1 aromatic rings. The third kappa shape index (κ3) is 3.07. The van der Waals surface area contributed by atoms with Crippen molar-refractivity contribution in [1.82, 2.24) is 15.4 Å². The molecule has 88 valence electrons. The summed E-state index contributed by atoms with van der Waals surface area (Å²) in [7, 11) is 0. The fourth-order valence-electron chi connectivity index (χ4n) is 1.24. The Bertz CT molecular complexity index is 444. The highest BCUT2D eigenvalue weighted by molar-refractivity contribution is 7.99. The van der Waals surface area contributed by atoms with Gasteiger partial charge in [0, 0.05) is 11.3 Å². The molecule has 0 atom stereocenters. The summed E-state index contributed by atoms with van der Waals surface area (Å²) < 4.78 is 0. The summed E-state index contributed by atoms with van der Waals surface area (Å²) in [6, 6.07) is 0. The van der Waals surface area contributed by atoms with Gasteiger partial charge in [0.25, 0.3) is 5.56 Å². The number of nitrogens with one attached hydrogen (secondary N) is 2. The van der Waals surface area contributed by atoms with Crippen LogP contribution in [-0.4, -0.2) is 21.6 Å². The van der Waals surface area contributed by atoms with E-state index in [9.17, 15) is 9.59 Å². The van der Waals surface area contributed by atoms with Gasteiger partial charge < -0.3 is 4.98 Å². The fourth-order valence-corrected chi connectivity index (χ4v) is 1.96. The van der Waals surface area contributed by atoms with Gasteiger partial charge in [0.05, 0.1) is 5.75 Å². The Labute approximate surface area is 97.0 Å². The van der Waals surface area contributed by atoms with Gasteiger partial charge in [0.15, 0.2) is 5.16 Å². The molecule has 0 fully saturated rings. The van der Waals surface area contributed by atoms with Crippen molar-refractivity contribution in [3.63, 3.8) is 0 Å². The maximum atomic E-state index is 11.6. The molecule has 1 amide bonds. The molecule has 0 aliphatic rings. The largest absolute Gasteiger partial charge is 0.301 e. The zero-order chi connectivity index (χ0) is 12.1. The number of aromatic nitrogens is 2. The number of thioether (sulfide) groups is 1. The first-order valence-corrected chi connectivity index (χ1v) is 5.79. The summed E-state index contributed by atoms with van der Waals surface area (Å²) in [6.45, 7) is 3.68. The lowest BCUT2D eigenvalue weighted by Gasteiger charge is -2.04. The second-order valence-corrected chi connectivity index (χ2v) is 4.11. The van der Waals surface area contributed by atoms with Crippen LogP contribution in [0, 0.1) is 6.92 Å². The van der Waals surface area contributed by atoms with Crippen LogP contribution in [0.4, 0.5) is 0 Å².